The van der Waals surface area contributed by atoms with Crippen LogP contribution in [0, 0.1) is 0 Å². The second kappa shape index (κ2) is 10.3. The summed E-state index contributed by atoms with van der Waals surface area (Å²) in [4.78, 5) is 34.3. The van der Waals surface area contributed by atoms with Crippen LogP contribution < -0.4 is 4.74 Å². The standard InChI is InChI=1S/C27H29N3O3/c1-3-29-14-15-30(26(31)19-21-7-5-9-24(17-21)33-2)25(27(29)32)18-20-6-4-8-23(16-20)22-10-12-28-13-11-22/h4-13,16-17,25H,3,14-15,18-19H2,1-2H3/t25-/m0/s1. The monoisotopic (exact) mass is 443 g/mol. The lowest BCUT2D eigenvalue weighted by Crippen LogP contribution is -2.59. The maximum Gasteiger partial charge on any atom is 0.245 e. The molecule has 0 saturated carbocycles. The van der Waals surface area contributed by atoms with E-state index >= 15 is 0 Å². The van der Waals surface area contributed by atoms with Crippen LogP contribution in [0.25, 0.3) is 11.1 Å². The molecule has 0 N–H and O–H groups in total. The molecule has 0 unspecified atom stereocenters. The molecule has 2 heterocycles. The van der Waals surface area contributed by atoms with Gasteiger partial charge in [-0.2, -0.15) is 0 Å². The van der Waals surface area contributed by atoms with Crippen molar-refractivity contribution in [2.45, 2.75) is 25.8 Å². The van der Waals surface area contributed by atoms with Crippen molar-refractivity contribution in [2.75, 3.05) is 26.7 Å². The average molecular weight is 444 g/mol. The highest BCUT2D eigenvalue weighted by atomic mass is 16.5. The zero-order valence-corrected chi connectivity index (χ0v) is 19.1. The van der Waals surface area contributed by atoms with Crippen LogP contribution in [0.1, 0.15) is 18.1 Å². The summed E-state index contributed by atoms with van der Waals surface area (Å²) in [6.07, 6.45) is 4.26. The molecule has 4 rings (SSSR count). The number of amides is 2. The number of likely N-dealkylation sites (N-methyl/N-ethyl adjacent to an activating group) is 1. The Bertz CT molecular complexity index is 1120. The predicted molar refractivity (Wildman–Crippen MR) is 128 cm³/mol. The molecule has 0 radical (unpaired) electrons. The van der Waals surface area contributed by atoms with Gasteiger partial charge in [-0.05, 0) is 53.4 Å². The first-order valence-corrected chi connectivity index (χ1v) is 11.3. The third kappa shape index (κ3) is 5.22. The van der Waals surface area contributed by atoms with E-state index < -0.39 is 6.04 Å². The number of hydrogen-bond donors (Lipinski definition) is 0. The van der Waals surface area contributed by atoms with Gasteiger partial charge in [0.25, 0.3) is 0 Å². The Hall–Kier alpha value is -3.67. The van der Waals surface area contributed by atoms with E-state index in [2.05, 4.69) is 11.1 Å². The smallest absolute Gasteiger partial charge is 0.245 e. The zero-order chi connectivity index (χ0) is 23.2. The quantitative estimate of drug-likeness (QED) is 0.560. The molecule has 1 aliphatic rings. The van der Waals surface area contributed by atoms with Crippen molar-refractivity contribution < 1.29 is 14.3 Å². The highest BCUT2D eigenvalue weighted by Gasteiger charge is 2.36. The molecule has 0 spiro atoms. The van der Waals surface area contributed by atoms with Crippen molar-refractivity contribution in [3.05, 3.63) is 84.2 Å². The van der Waals surface area contributed by atoms with Gasteiger partial charge in [-0.1, -0.05) is 36.4 Å². The first-order valence-electron chi connectivity index (χ1n) is 11.3. The van der Waals surface area contributed by atoms with Crippen molar-refractivity contribution in [1.82, 2.24) is 14.8 Å². The van der Waals surface area contributed by atoms with E-state index in [1.54, 1.807) is 24.4 Å². The number of pyridine rings is 1. The number of piperazine rings is 1. The first-order chi connectivity index (χ1) is 16.1. The van der Waals surface area contributed by atoms with Crippen molar-refractivity contribution in [1.29, 1.82) is 0 Å². The minimum atomic E-state index is -0.510. The molecule has 0 bridgehead atoms. The van der Waals surface area contributed by atoms with E-state index in [1.807, 2.05) is 66.4 Å². The Kier molecular flexibility index (Phi) is 7.03. The third-order valence-corrected chi connectivity index (χ3v) is 6.15. The molecule has 1 aromatic heterocycles. The van der Waals surface area contributed by atoms with E-state index in [4.69, 9.17) is 4.74 Å². The zero-order valence-electron chi connectivity index (χ0n) is 19.1. The normalized spacial score (nSPS) is 16.1. The lowest BCUT2D eigenvalue weighted by molar-refractivity contribution is -0.150. The van der Waals surface area contributed by atoms with E-state index in [1.165, 1.54) is 0 Å². The first kappa shape index (κ1) is 22.5. The number of benzene rings is 2. The molecule has 1 saturated heterocycles. The van der Waals surface area contributed by atoms with E-state index in [0.717, 1.165) is 28.0 Å². The lowest BCUT2D eigenvalue weighted by Gasteiger charge is -2.40. The van der Waals surface area contributed by atoms with E-state index in [0.29, 0.717) is 26.1 Å². The van der Waals surface area contributed by atoms with E-state index in [-0.39, 0.29) is 18.2 Å². The van der Waals surface area contributed by atoms with Crippen molar-refractivity contribution >= 4 is 11.8 Å². The Morgan fingerprint density at radius 1 is 1.00 bits per heavy atom. The highest BCUT2D eigenvalue weighted by molar-refractivity contribution is 5.90. The summed E-state index contributed by atoms with van der Waals surface area (Å²) in [6.45, 7) is 3.72. The SMILES string of the molecule is CCN1CCN(C(=O)Cc2cccc(OC)c2)[C@@H](Cc2cccc(-c3ccncc3)c2)C1=O. The molecule has 0 aliphatic carbocycles. The summed E-state index contributed by atoms with van der Waals surface area (Å²) < 4.78 is 5.29. The lowest BCUT2D eigenvalue weighted by atomic mass is 9.97. The number of carbonyl (C=O) groups excluding carboxylic acids is 2. The molecule has 1 fully saturated rings. The molecule has 2 aromatic carbocycles. The van der Waals surface area contributed by atoms with Gasteiger partial charge in [0.05, 0.1) is 13.5 Å². The van der Waals surface area contributed by atoms with Crippen molar-refractivity contribution in [3.8, 4) is 16.9 Å². The molecule has 6 heteroatoms. The average Bonchev–Trinajstić information content (AvgIpc) is 2.86. The minimum Gasteiger partial charge on any atom is -0.497 e. The van der Waals surface area contributed by atoms with Gasteiger partial charge in [0.1, 0.15) is 11.8 Å². The largest absolute Gasteiger partial charge is 0.497 e. The van der Waals surface area contributed by atoms with Crippen LogP contribution in [0.2, 0.25) is 0 Å². The fourth-order valence-electron chi connectivity index (χ4n) is 4.35. The van der Waals surface area contributed by atoms with Gasteiger partial charge in [-0.3, -0.25) is 14.6 Å². The fraction of sp³-hybridized carbons (Fsp3) is 0.296. The van der Waals surface area contributed by atoms with Gasteiger partial charge in [0, 0.05) is 38.4 Å². The number of ether oxygens (including phenoxy) is 1. The van der Waals surface area contributed by atoms with Gasteiger partial charge in [0.2, 0.25) is 11.8 Å². The van der Waals surface area contributed by atoms with Gasteiger partial charge in [-0.15, -0.1) is 0 Å². The summed E-state index contributed by atoms with van der Waals surface area (Å²) in [6, 6.07) is 19.1. The Labute approximate surface area is 194 Å². The number of nitrogens with zero attached hydrogens (tertiary/aromatic N) is 3. The number of rotatable bonds is 7. The minimum absolute atomic E-state index is 0.0112. The Morgan fingerprint density at radius 3 is 2.52 bits per heavy atom. The summed E-state index contributed by atoms with van der Waals surface area (Å²) in [5, 5.41) is 0. The molecule has 2 amide bonds. The number of methoxy groups -OCH3 is 1. The Balaban J connectivity index is 1.57. The molecular weight excluding hydrogens is 414 g/mol. The molecular formula is C27H29N3O3. The number of hydrogen-bond acceptors (Lipinski definition) is 4. The maximum atomic E-state index is 13.3. The molecule has 6 nitrogen and oxygen atoms in total. The fourth-order valence-corrected chi connectivity index (χ4v) is 4.35. The van der Waals surface area contributed by atoms with Crippen LogP contribution in [0.5, 0.6) is 5.75 Å². The maximum absolute atomic E-state index is 13.3. The van der Waals surface area contributed by atoms with Crippen LogP contribution in [0.15, 0.2) is 73.1 Å². The summed E-state index contributed by atoms with van der Waals surface area (Å²) >= 11 is 0. The van der Waals surface area contributed by atoms with Crippen LogP contribution in [0.3, 0.4) is 0 Å². The van der Waals surface area contributed by atoms with Crippen molar-refractivity contribution in [3.63, 3.8) is 0 Å². The van der Waals surface area contributed by atoms with Crippen LogP contribution in [0.4, 0.5) is 0 Å². The molecule has 170 valence electrons. The van der Waals surface area contributed by atoms with Gasteiger partial charge in [-0.25, -0.2) is 0 Å². The second-order valence-corrected chi connectivity index (χ2v) is 8.19. The predicted octanol–water partition coefficient (Wildman–Crippen LogP) is 3.60. The van der Waals surface area contributed by atoms with Crippen LogP contribution >= 0.6 is 0 Å². The van der Waals surface area contributed by atoms with Gasteiger partial charge < -0.3 is 14.5 Å². The topological polar surface area (TPSA) is 62.7 Å². The van der Waals surface area contributed by atoms with Crippen molar-refractivity contribution in [2.24, 2.45) is 0 Å². The summed E-state index contributed by atoms with van der Waals surface area (Å²) in [7, 11) is 1.61. The summed E-state index contributed by atoms with van der Waals surface area (Å²) in [5.74, 6) is 0.691. The third-order valence-electron chi connectivity index (χ3n) is 6.15. The molecule has 1 atom stereocenters. The Morgan fingerprint density at radius 2 is 1.76 bits per heavy atom. The highest BCUT2D eigenvalue weighted by Crippen LogP contribution is 2.23. The van der Waals surface area contributed by atoms with Gasteiger partial charge >= 0.3 is 0 Å². The molecule has 3 aromatic rings. The second-order valence-electron chi connectivity index (χ2n) is 8.19. The van der Waals surface area contributed by atoms with Crippen LogP contribution in [-0.4, -0.2) is 59.4 Å². The van der Waals surface area contributed by atoms with Gasteiger partial charge in [0.15, 0.2) is 0 Å². The number of aromatic nitrogens is 1. The van der Waals surface area contributed by atoms with E-state index in [9.17, 15) is 9.59 Å². The van der Waals surface area contributed by atoms with Crippen LogP contribution in [-0.2, 0) is 22.4 Å². The summed E-state index contributed by atoms with van der Waals surface area (Å²) in [5.41, 5.74) is 4.05. The number of carbonyl (C=O) groups is 2. The molecule has 33 heavy (non-hydrogen) atoms. The molecule has 1 aliphatic heterocycles.